The highest BCUT2D eigenvalue weighted by Gasteiger charge is 2.54. The van der Waals surface area contributed by atoms with Crippen molar-refractivity contribution in [1.82, 2.24) is 4.90 Å². The molecule has 0 N–H and O–H groups in total. The van der Waals surface area contributed by atoms with E-state index >= 15 is 0 Å². The Balaban J connectivity index is 1.81. The van der Waals surface area contributed by atoms with Gasteiger partial charge >= 0.3 is 18.0 Å². The lowest BCUT2D eigenvalue weighted by Gasteiger charge is -2.42. The van der Waals surface area contributed by atoms with Gasteiger partial charge in [0.1, 0.15) is 17.6 Å². The molecule has 7 heteroatoms. The zero-order chi connectivity index (χ0) is 20.5. The molecule has 2 aliphatic heterocycles. The van der Waals surface area contributed by atoms with Crippen molar-refractivity contribution in [3.63, 3.8) is 0 Å². The van der Waals surface area contributed by atoms with Gasteiger partial charge in [-0.3, -0.25) is 4.79 Å². The first kappa shape index (κ1) is 20.2. The first-order valence-corrected chi connectivity index (χ1v) is 9.56. The standard InChI is InChI=1S/C21H27NO6/c1-21(2,3)28-20(25)22-14-10-11-15(22)17(19(24)26-4)16(12-14)27-18(23)13-8-6-5-7-9-13/h5-9,14-17H,10-12H2,1-4H3/t14-,15+,16-,17+/m0/s1. The molecule has 7 nitrogen and oxygen atoms in total. The van der Waals surface area contributed by atoms with E-state index in [0.29, 0.717) is 18.4 Å². The summed E-state index contributed by atoms with van der Waals surface area (Å²) in [5.74, 6) is -1.70. The summed E-state index contributed by atoms with van der Waals surface area (Å²) in [5.41, 5.74) is -0.207. The van der Waals surface area contributed by atoms with Crippen molar-refractivity contribution in [3.05, 3.63) is 35.9 Å². The lowest BCUT2D eigenvalue weighted by Crippen LogP contribution is -2.57. The fourth-order valence-corrected chi connectivity index (χ4v) is 4.10. The number of amides is 1. The number of carbonyl (C=O) groups excluding carboxylic acids is 3. The van der Waals surface area contributed by atoms with Crippen molar-refractivity contribution in [2.24, 2.45) is 5.92 Å². The summed E-state index contributed by atoms with van der Waals surface area (Å²) >= 11 is 0. The highest BCUT2D eigenvalue weighted by Crippen LogP contribution is 2.42. The molecular formula is C21H27NO6. The van der Waals surface area contributed by atoms with E-state index in [1.165, 1.54) is 7.11 Å². The Hall–Kier alpha value is -2.57. The third-order valence-electron chi connectivity index (χ3n) is 5.21. The quantitative estimate of drug-likeness (QED) is 0.583. The molecule has 0 unspecified atom stereocenters. The Morgan fingerprint density at radius 2 is 1.75 bits per heavy atom. The van der Waals surface area contributed by atoms with Gasteiger partial charge in [0.05, 0.1) is 18.7 Å². The van der Waals surface area contributed by atoms with Crippen LogP contribution >= 0.6 is 0 Å². The zero-order valence-corrected chi connectivity index (χ0v) is 16.7. The van der Waals surface area contributed by atoms with Crippen molar-refractivity contribution in [2.75, 3.05) is 7.11 Å². The molecule has 28 heavy (non-hydrogen) atoms. The lowest BCUT2D eigenvalue weighted by molar-refractivity contribution is -0.155. The summed E-state index contributed by atoms with van der Waals surface area (Å²) in [6, 6.07) is 8.11. The molecule has 2 bridgehead atoms. The largest absolute Gasteiger partial charge is 0.469 e. The average Bonchev–Trinajstić information content (AvgIpc) is 2.95. The molecule has 1 amide bonds. The fourth-order valence-electron chi connectivity index (χ4n) is 4.10. The molecule has 152 valence electrons. The molecule has 1 aromatic rings. The summed E-state index contributed by atoms with van der Waals surface area (Å²) in [6.07, 6.45) is 0.673. The van der Waals surface area contributed by atoms with E-state index in [4.69, 9.17) is 14.2 Å². The molecule has 0 spiro atoms. The third kappa shape index (κ3) is 4.13. The highest BCUT2D eigenvalue weighted by atomic mass is 16.6. The van der Waals surface area contributed by atoms with Crippen LogP contribution in [-0.2, 0) is 19.0 Å². The summed E-state index contributed by atoms with van der Waals surface area (Å²) in [5, 5.41) is 0. The van der Waals surface area contributed by atoms with Gasteiger partial charge in [0.15, 0.2) is 0 Å². The van der Waals surface area contributed by atoms with Crippen molar-refractivity contribution in [1.29, 1.82) is 0 Å². The molecule has 2 aliphatic rings. The Labute approximate surface area is 164 Å². The number of rotatable bonds is 3. The minimum absolute atomic E-state index is 0.130. The number of fused-ring (bicyclic) bond motifs is 2. The molecule has 0 aliphatic carbocycles. The summed E-state index contributed by atoms with van der Waals surface area (Å²) in [6.45, 7) is 5.41. The summed E-state index contributed by atoms with van der Waals surface area (Å²) in [4.78, 5) is 39.4. The highest BCUT2D eigenvalue weighted by molar-refractivity contribution is 5.89. The fraction of sp³-hybridized carbons (Fsp3) is 0.571. The van der Waals surface area contributed by atoms with Crippen molar-refractivity contribution in [3.8, 4) is 0 Å². The van der Waals surface area contributed by atoms with Crippen LogP contribution < -0.4 is 0 Å². The molecule has 4 atom stereocenters. The maximum Gasteiger partial charge on any atom is 0.410 e. The van der Waals surface area contributed by atoms with Crippen LogP contribution in [-0.4, -0.2) is 53.8 Å². The second kappa shape index (κ2) is 7.81. The molecule has 2 heterocycles. The molecule has 1 aromatic carbocycles. The van der Waals surface area contributed by atoms with Crippen LogP contribution in [0.3, 0.4) is 0 Å². The molecule has 0 saturated carbocycles. The predicted octanol–water partition coefficient (Wildman–Crippen LogP) is 3.17. The number of esters is 2. The Morgan fingerprint density at radius 1 is 1.07 bits per heavy atom. The number of ether oxygens (including phenoxy) is 3. The van der Waals surface area contributed by atoms with E-state index in [9.17, 15) is 14.4 Å². The first-order chi connectivity index (χ1) is 13.2. The van der Waals surface area contributed by atoms with Crippen LogP contribution in [0.25, 0.3) is 0 Å². The van der Waals surface area contributed by atoms with Crippen molar-refractivity contribution in [2.45, 2.75) is 63.8 Å². The Bertz CT molecular complexity index is 741. The molecule has 3 rings (SSSR count). The van der Waals surface area contributed by atoms with Gasteiger partial charge in [-0.05, 0) is 45.7 Å². The smallest absolute Gasteiger partial charge is 0.410 e. The number of methoxy groups -OCH3 is 1. The predicted molar refractivity (Wildman–Crippen MR) is 101 cm³/mol. The third-order valence-corrected chi connectivity index (χ3v) is 5.21. The summed E-state index contributed by atoms with van der Waals surface area (Å²) in [7, 11) is 1.30. The van der Waals surface area contributed by atoms with Crippen molar-refractivity contribution >= 4 is 18.0 Å². The van der Waals surface area contributed by atoms with E-state index < -0.39 is 41.7 Å². The van der Waals surface area contributed by atoms with Crippen LogP contribution in [0.5, 0.6) is 0 Å². The number of benzene rings is 1. The second-order valence-electron chi connectivity index (χ2n) is 8.28. The maximum absolute atomic E-state index is 12.7. The van der Waals surface area contributed by atoms with Crippen LogP contribution in [0.4, 0.5) is 4.79 Å². The average molecular weight is 389 g/mol. The van der Waals surface area contributed by atoms with E-state index in [-0.39, 0.29) is 6.04 Å². The van der Waals surface area contributed by atoms with Crippen LogP contribution in [0.2, 0.25) is 0 Å². The first-order valence-electron chi connectivity index (χ1n) is 9.56. The van der Waals surface area contributed by atoms with Gasteiger partial charge in [-0.2, -0.15) is 0 Å². The van der Waals surface area contributed by atoms with E-state index in [1.54, 1.807) is 49.9 Å². The van der Waals surface area contributed by atoms with Gasteiger partial charge in [-0.25, -0.2) is 9.59 Å². The molecule has 0 radical (unpaired) electrons. The second-order valence-corrected chi connectivity index (χ2v) is 8.28. The number of hydrogen-bond acceptors (Lipinski definition) is 6. The van der Waals surface area contributed by atoms with Gasteiger partial charge in [0.2, 0.25) is 0 Å². The van der Waals surface area contributed by atoms with Gasteiger partial charge < -0.3 is 19.1 Å². The number of hydrogen-bond donors (Lipinski definition) is 0. The topological polar surface area (TPSA) is 82.1 Å². The van der Waals surface area contributed by atoms with E-state index in [0.717, 1.165) is 6.42 Å². The monoisotopic (exact) mass is 389 g/mol. The van der Waals surface area contributed by atoms with Gasteiger partial charge in [-0.1, -0.05) is 18.2 Å². The van der Waals surface area contributed by atoms with Gasteiger partial charge in [0, 0.05) is 12.5 Å². The molecular weight excluding hydrogens is 362 g/mol. The summed E-state index contributed by atoms with van der Waals surface area (Å²) < 4.78 is 16.2. The molecule has 2 saturated heterocycles. The van der Waals surface area contributed by atoms with Crippen molar-refractivity contribution < 1.29 is 28.6 Å². The SMILES string of the molecule is COC(=O)[C@H]1[C@@H](OC(=O)c2ccccc2)C[C@@H]2CC[C@H]1N2C(=O)OC(C)(C)C. The Morgan fingerprint density at radius 3 is 2.36 bits per heavy atom. The lowest BCUT2D eigenvalue weighted by atomic mass is 9.87. The Kier molecular flexibility index (Phi) is 5.63. The minimum Gasteiger partial charge on any atom is -0.469 e. The maximum atomic E-state index is 12.7. The van der Waals surface area contributed by atoms with Crippen LogP contribution in [0.1, 0.15) is 50.4 Å². The zero-order valence-electron chi connectivity index (χ0n) is 16.7. The number of carbonyl (C=O) groups is 3. The molecule has 2 fully saturated rings. The van der Waals surface area contributed by atoms with E-state index in [2.05, 4.69) is 0 Å². The number of piperidine rings is 1. The molecule has 0 aromatic heterocycles. The van der Waals surface area contributed by atoms with Crippen LogP contribution in [0.15, 0.2) is 30.3 Å². The van der Waals surface area contributed by atoms with Crippen LogP contribution in [0, 0.1) is 5.92 Å². The minimum atomic E-state index is -0.732. The number of nitrogens with zero attached hydrogens (tertiary/aromatic N) is 1. The van der Waals surface area contributed by atoms with Gasteiger partial charge in [0.25, 0.3) is 0 Å². The normalized spacial score (nSPS) is 26.5. The van der Waals surface area contributed by atoms with Gasteiger partial charge in [-0.15, -0.1) is 0 Å². The van der Waals surface area contributed by atoms with E-state index in [1.807, 2.05) is 6.07 Å².